The summed E-state index contributed by atoms with van der Waals surface area (Å²) < 4.78 is 10.4. The molecule has 0 radical (unpaired) electrons. The second-order valence-corrected chi connectivity index (χ2v) is 2.93. The van der Waals surface area contributed by atoms with Crippen LogP contribution in [0.1, 0.15) is 5.76 Å². The van der Waals surface area contributed by atoms with E-state index in [-0.39, 0.29) is 0 Å². The summed E-state index contributed by atoms with van der Waals surface area (Å²) >= 11 is 5.65. The third-order valence-corrected chi connectivity index (χ3v) is 1.76. The van der Waals surface area contributed by atoms with Crippen LogP contribution in [0.3, 0.4) is 0 Å². The first kappa shape index (κ1) is 9.02. The average Bonchev–Trinajstić information content (AvgIpc) is 2.67. The van der Waals surface area contributed by atoms with Crippen LogP contribution in [0.4, 0.5) is 0 Å². The molecule has 14 heavy (non-hydrogen) atoms. The van der Waals surface area contributed by atoms with E-state index >= 15 is 0 Å². The maximum absolute atomic E-state index is 5.65. The Kier molecular flexibility index (Phi) is 2.65. The summed E-state index contributed by atoms with van der Waals surface area (Å²) in [6.07, 6.45) is 2.94. The van der Waals surface area contributed by atoms with E-state index in [0.717, 1.165) is 5.76 Å². The van der Waals surface area contributed by atoms with Gasteiger partial charge in [-0.15, -0.1) is 0 Å². The van der Waals surface area contributed by atoms with E-state index in [1.54, 1.807) is 18.4 Å². The molecule has 2 aromatic rings. The molecular formula is C9H7ClN2O2. The van der Waals surface area contributed by atoms with Crippen LogP contribution in [-0.4, -0.2) is 9.97 Å². The normalized spacial score (nSPS) is 10.1. The zero-order valence-corrected chi connectivity index (χ0v) is 7.94. The highest BCUT2D eigenvalue weighted by Crippen LogP contribution is 2.12. The Morgan fingerprint density at radius 3 is 3.07 bits per heavy atom. The van der Waals surface area contributed by atoms with Gasteiger partial charge in [0.25, 0.3) is 0 Å². The first-order valence-electron chi connectivity index (χ1n) is 3.97. The Labute approximate surface area is 85.5 Å². The molecule has 0 aliphatic rings. The molecular weight excluding hydrogens is 204 g/mol. The van der Waals surface area contributed by atoms with E-state index in [9.17, 15) is 0 Å². The fourth-order valence-corrected chi connectivity index (χ4v) is 1.07. The van der Waals surface area contributed by atoms with Crippen LogP contribution >= 0.6 is 11.6 Å². The lowest BCUT2D eigenvalue weighted by Crippen LogP contribution is -1.96. The maximum atomic E-state index is 5.65. The van der Waals surface area contributed by atoms with E-state index in [0.29, 0.717) is 17.6 Å². The summed E-state index contributed by atoms with van der Waals surface area (Å²) in [7, 11) is 0. The molecule has 72 valence electrons. The smallest absolute Gasteiger partial charge is 0.218 e. The molecule has 0 amide bonds. The lowest BCUT2D eigenvalue weighted by molar-refractivity contribution is 0.260. The molecule has 0 unspecified atom stereocenters. The van der Waals surface area contributed by atoms with Crippen LogP contribution in [0.25, 0.3) is 0 Å². The van der Waals surface area contributed by atoms with Gasteiger partial charge in [-0.1, -0.05) is 11.6 Å². The maximum Gasteiger partial charge on any atom is 0.218 e. The van der Waals surface area contributed by atoms with Gasteiger partial charge in [0.1, 0.15) is 23.8 Å². The Balaban J connectivity index is 1.98. The largest absolute Gasteiger partial charge is 0.469 e. The fraction of sp³-hybridized carbons (Fsp3) is 0.111. The van der Waals surface area contributed by atoms with Crippen molar-refractivity contribution in [3.05, 3.63) is 41.7 Å². The van der Waals surface area contributed by atoms with Crippen LogP contribution in [0.2, 0.25) is 5.15 Å². The predicted octanol–water partition coefficient (Wildman–Crippen LogP) is 2.30. The minimum atomic E-state index is 0.334. The fourth-order valence-electron chi connectivity index (χ4n) is 0.936. The van der Waals surface area contributed by atoms with Gasteiger partial charge in [0.05, 0.1) is 6.26 Å². The van der Waals surface area contributed by atoms with E-state index < -0.39 is 0 Å². The molecule has 4 nitrogen and oxygen atoms in total. The van der Waals surface area contributed by atoms with Crippen molar-refractivity contribution in [3.8, 4) is 5.88 Å². The predicted molar refractivity (Wildman–Crippen MR) is 50.1 cm³/mol. The van der Waals surface area contributed by atoms with Crippen LogP contribution in [0.15, 0.2) is 35.2 Å². The molecule has 0 N–H and O–H groups in total. The second-order valence-electron chi connectivity index (χ2n) is 2.55. The van der Waals surface area contributed by atoms with Gasteiger partial charge in [-0.2, -0.15) is 0 Å². The Bertz CT molecular complexity index is 403. The molecule has 0 fully saturated rings. The van der Waals surface area contributed by atoms with Gasteiger partial charge >= 0.3 is 0 Å². The minimum Gasteiger partial charge on any atom is -0.469 e. The van der Waals surface area contributed by atoms with Crippen molar-refractivity contribution in [2.45, 2.75) is 6.61 Å². The number of aromatic nitrogens is 2. The van der Waals surface area contributed by atoms with Crippen molar-refractivity contribution in [2.75, 3.05) is 0 Å². The number of ether oxygens (including phenoxy) is 1. The lowest BCUT2D eigenvalue weighted by Gasteiger charge is -2.01. The van der Waals surface area contributed by atoms with E-state index in [1.807, 2.05) is 6.07 Å². The second kappa shape index (κ2) is 4.11. The third kappa shape index (κ3) is 2.23. The first-order valence-corrected chi connectivity index (χ1v) is 4.35. The lowest BCUT2D eigenvalue weighted by atomic mass is 10.5. The molecule has 0 bridgehead atoms. The molecule has 5 heteroatoms. The van der Waals surface area contributed by atoms with Crippen molar-refractivity contribution in [1.82, 2.24) is 9.97 Å². The van der Waals surface area contributed by atoms with Gasteiger partial charge in [0, 0.05) is 6.07 Å². The molecule has 0 aliphatic carbocycles. The molecule has 0 aliphatic heterocycles. The summed E-state index contributed by atoms with van der Waals surface area (Å²) in [5.74, 6) is 1.17. The molecule has 0 saturated heterocycles. The third-order valence-electron chi connectivity index (χ3n) is 1.55. The highest BCUT2D eigenvalue weighted by molar-refractivity contribution is 6.29. The van der Waals surface area contributed by atoms with Gasteiger partial charge in [0.2, 0.25) is 5.88 Å². The summed E-state index contributed by atoms with van der Waals surface area (Å²) in [4.78, 5) is 7.62. The number of rotatable bonds is 3. The highest BCUT2D eigenvalue weighted by atomic mass is 35.5. The van der Waals surface area contributed by atoms with Gasteiger partial charge in [-0.3, -0.25) is 0 Å². The van der Waals surface area contributed by atoms with Crippen molar-refractivity contribution < 1.29 is 9.15 Å². The standard InChI is InChI=1S/C9H7ClN2O2/c10-8-4-9(12-6-11-8)14-5-7-2-1-3-13-7/h1-4,6H,5H2. The highest BCUT2D eigenvalue weighted by Gasteiger charge is 1.99. The SMILES string of the molecule is Clc1cc(OCc2ccco2)ncn1. The molecule has 0 spiro atoms. The number of hydrogen-bond donors (Lipinski definition) is 0. The van der Waals surface area contributed by atoms with Crippen LogP contribution < -0.4 is 4.74 Å². The topological polar surface area (TPSA) is 48.2 Å². The first-order chi connectivity index (χ1) is 6.84. The number of nitrogens with zero attached hydrogens (tertiary/aromatic N) is 2. The zero-order chi connectivity index (χ0) is 9.80. The van der Waals surface area contributed by atoms with Gasteiger partial charge in [-0.05, 0) is 12.1 Å². The van der Waals surface area contributed by atoms with Crippen molar-refractivity contribution >= 4 is 11.6 Å². The van der Waals surface area contributed by atoms with Crippen molar-refractivity contribution in [2.24, 2.45) is 0 Å². The Morgan fingerprint density at radius 1 is 1.43 bits per heavy atom. The van der Waals surface area contributed by atoms with Gasteiger partial charge in [0.15, 0.2) is 0 Å². The minimum absolute atomic E-state index is 0.334. The average molecular weight is 211 g/mol. The molecule has 0 atom stereocenters. The summed E-state index contributed by atoms with van der Waals surface area (Å²) in [5, 5.41) is 0.356. The van der Waals surface area contributed by atoms with Crippen molar-refractivity contribution in [1.29, 1.82) is 0 Å². The van der Waals surface area contributed by atoms with E-state index in [2.05, 4.69) is 9.97 Å². The molecule has 0 aromatic carbocycles. The van der Waals surface area contributed by atoms with Crippen LogP contribution in [0, 0.1) is 0 Å². The van der Waals surface area contributed by atoms with Crippen LogP contribution in [0.5, 0.6) is 5.88 Å². The van der Waals surface area contributed by atoms with E-state index in [1.165, 1.54) is 6.33 Å². The zero-order valence-electron chi connectivity index (χ0n) is 7.18. The van der Waals surface area contributed by atoms with Gasteiger partial charge < -0.3 is 9.15 Å². The molecule has 2 aromatic heterocycles. The monoisotopic (exact) mass is 210 g/mol. The summed E-state index contributed by atoms with van der Waals surface area (Å²) in [6, 6.07) is 5.17. The van der Waals surface area contributed by atoms with Gasteiger partial charge in [-0.25, -0.2) is 9.97 Å². The van der Waals surface area contributed by atoms with Crippen LogP contribution in [-0.2, 0) is 6.61 Å². The quantitative estimate of drug-likeness (QED) is 0.730. The van der Waals surface area contributed by atoms with E-state index in [4.69, 9.17) is 20.8 Å². The number of halogens is 1. The molecule has 2 heterocycles. The Morgan fingerprint density at radius 2 is 2.36 bits per heavy atom. The summed E-state index contributed by atoms with van der Waals surface area (Å²) in [5.41, 5.74) is 0. The molecule has 0 saturated carbocycles. The van der Waals surface area contributed by atoms with Crippen molar-refractivity contribution in [3.63, 3.8) is 0 Å². The Hall–Kier alpha value is -1.55. The summed E-state index contributed by atoms with van der Waals surface area (Å²) in [6.45, 7) is 0.334. The molecule has 2 rings (SSSR count). The number of furan rings is 1. The number of hydrogen-bond acceptors (Lipinski definition) is 4.